The Kier molecular flexibility index (Phi) is 6.00. The van der Waals surface area contributed by atoms with E-state index in [4.69, 9.17) is 16.3 Å². The smallest absolute Gasteiger partial charge is 0.409 e. The lowest BCUT2D eigenvalue weighted by Crippen LogP contribution is -2.38. The number of ether oxygens (including phenoxy) is 1. The number of benzene rings is 1. The number of amides is 1. The SMILES string of the molecule is CC(C)COC(=O)N1CCC(=C2c3ccc(Cl)cc3CCC3=CC=CNC32)CC1. The molecule has 2 aliphatic heterocycles. The van der Waals surface area contributed by atoms with Crippen LogP contribution in [0.3, 0.4) is 0 Å². The topological polar surface area (TPSA) is 41.6 Å². The molecule has 0 aromatic heterocycles. The summed E-state index contributed by atoms with van der Waals surface area (Å²) in [7, 11) is 0. The molecule has 1 fully saturated rings. The first-order valence-corrected chi connectivity index (χ1v) is 10.9. The van der Waals surface area contributed by atoms with Crippen molar-refractivity contribution in [3.05, 3.63) is 63.8 Å². The molecule has 1 N–H and O–H groups in total. The van der Waals surface area contributed by atoms with Gasteiger partial charge in [-0.3, -0.25) is 0 Å². The zero-order chi connectivity index (χ0) is 20.4. The van der Waals surface area contributed by atoms with Crippen LogP contribution >= 0.6 is 11.6 Å². The van der Waals surface area contributed by atoms with Gasteiger partial charge in [-0.25, -0.2) is 4.79 Å². The summed E-state index contributed by atoms with van der Waals surface area (Å²) in [5.41, 5.74) is 6.84. The van der Waals surface area contributed by atoms with Gasteiger partial charge in [0.05, 0.1) is 12.6 Å². The Balaban J connectivity index is 1.61. The van der Waals surface area contributed by atoms with Gasteiger partial charge < -0.3 is 15.0 Å². The molecule has 2 heterocycles. The van der Waals surface area contributed by atoms with Gasteiger partial charge in [0.1, 0.15) is 0 Å². The van der Waals surface area contributed by atoms with Crippen molar-refractivity contribution in [2.45, 2.75) is 45.6 Å². The second kappa shape index (κ2) is 8.66. The number of aryl methyl sites for hydroxylation is 1. The van der Waals surface area contributed by atoms with Crippen LogP contribution in [0.2, 0.25) is 5.02 Å². The molecule has 1 atom stereocenters. The van der Waals surface area contributed by atoms with E-state index in [0.717, 1.165) is 30.7 Å². The van der Waals surface area contributed by atoms with E-state index in [1.165, 1.54) is 27.8 Å². The third-order valence-electron chi connectivity index (χ3n) is 5.92. The van der Waals surface area contributed by atoms with Gasteiger partial charge in [-0.05, 0) is 78.3 Å². The number of hydrogen-bond acceptors (Lipinski definition) is 3. The fourth-order valence-corrected chi connectivity index (χ4v) is 4.64. The molecule has 1 aromatic rings. The number of dihydropyridines is 1. The third kappa shape index (κ3) is 4.37. The Morgan fingerprint density at radius 3 is 2.79 bits per heavy atom. The quantitative estimate of drug-likeness (QED) is 0.712. The molecular formula is C24H29ClN2O2. The van der Waals surface area contributed by atoms with Crippen LogP contribution in [0.4, 0.5) is 4.79 Å². The van der Waals surface area contributed by atoms with Gasteiger partial charge in [0.25, 0.3) is 0 Å². The molecule has 0 saturated carbocycles. The average molecular weight is 413 g/mol. The van der Waals surface area contributed by atoms with Crippen molar-refractivity contribution in [3.8, 4) is 0 Å². The van der Waals surface area contributed by atoms with Gasteiger partial charge >= 0.3 is 6.09 Å². The highest BCUT2D eigenvalue weighted by Gasteiger charge is 2.31. The summed E-state index contributed by atoms with van der Waals surface area (Å²) in [6.07, 6.45) is 9.96. The molecule has 29 heavy (non-hydrogen) atoms. The third-order valence-corrected chi connectivity index (χ3v) is 6.15. The standard InChI is InChI=1S/C24H29ClN2O2/c1-16(2)15-29-24(28)27-12-9-17(10-13-27)22-21-8-7-20(25)14-19(21)6-5-18-4-3-11-26-23(18)22/h3-4,7-8,11,14,16,23,26H,5-6,9-10,12-13,15H2,1-2H3. The van der Waals surface area contributed by atoms with E-state index in [9.17, 15) is 4.79 Å². The second-order valence-electron chi connectivity index (χ2n) is 8.48. The van der Waals surface area contributed by atoms with Crippen molar-refractivity contribution in [1.29, 1.82) is 0 Å². The average Bonchev–Trinajstić information content (AvgIpc) is 2.88. The van der Waals surface area contributed by atoms with E-state index >= 15 is 0 Å². The number of halogens is 1. The largest absolute Gasteiger partial charge is 0.449 e. The van der Waals surface area contributed by atoms with Crippen LogP contribution in [0.15, 0.2) is 47.7 Å². The van der Waals surface area contributed by atoms with Crippen LogP contribution in [-0.2, 0) is 11.2 Å². The molecule has 1 saturated heterocycles. The lowest BCUT2D eigenvalue weighted by molar-refractivity contribution is 0.0895. The monoisotopic (exact) mass is 412 g/mol. The van der Waals surface area contributed by atoms with E-state index in [-0.39, 0.29) is 12.1 Å². The maximum Gasteiger partial charge on any atom is 0.409 e. The summed E-state index contributed by atoms with van der Waals surface area (Å²) < 4.78 is 5.42. The normalized spacial score (nSPS) is 21.2. The van der Waals surface area contributed by atoms with Crippen molar-refractivity contribution < 1.29 is 9.53 Å². The number of nitrogens with one attached hydrogen (secondary N) is 1. The molecule has 3 aliphatic rings. The highest BCUT2D eigenvalue weighted by atomic mass is 35.5. The maximum atomic E-state index is 12.3. The molecule has 1 unspecified atom stereocenters. The number of rotatable bonds is 2. The van der Waals surface area contributed by atoms with Gasteiger partial charge in [-0.1, -0.05) is 43.2 Å². The number of carbonyl (C=O) groups excluding carboxylic acids is 1. The summed E-state index contributed by atoms with van der Waals surface area (Å²) in [5.74, 6) is 0.353. The molecular weight excluding hydrogens is 384 g/mol. The Bertz CT molecular complexity index is 875. The lowest BCUT2D eigenvalue weighted by atomic mass is 9.85. The highest BCUT2D eigenvalue weighted by Crippen LogP contribution is 2.39. The molecule has 0 bridgehead atoms. The fraction of sp³-hybridized carbons (Fsp3) is 0.458. The molecule has 1 amide bonds. The fourth-order valence-electron chi connectivity index (χ4n) is 4.44. The van der Waals surface area contributed by atoms with Gasteiger partial charge in [-0.2, -0.15) is 0 Å². The first-order valence-electron chi connectivity index (χ1n) is 10.6. The minimum absolute atomic E-state index is 0.185. The Morgan fingerprint density at radius 2 is 2.03 bits per heavy atom. The van der Waals surface area contributed by atoms with E-state index in [0.29, 0.717) is 25.6 Å². The summed E-state index contributed by atoms with van der Waals surface area (Å²) in [4.78, 5) is 14.2. The van der Waals surface area contributed by atoms with E-state index in [1.807, 2.05) is 17.2 Å². The lowest BCUT2D eigenvalue weighted by Gasteiger charge is -2.33. The van der Waals surface area contributed by atoms with Crippen LogP contribution in [0.25, 0.3) is 5.57 Å². The number of carbonyl (C=O) groups is 1. The minimum atomic E-state index is -0.185. The number of hydrogen-bond donors (Lipinski definition) is 1. The van der Waals surface area contributed by atoms with E-state index < -0.39 is 0 Å². The van der Waals surface area contributed by atoms with Crippen LogP contribution in [0, 0.1) is 5.92 Å². The summed E-state index contributed by atoms with van der Waals surface area (Å²) >= 11 is 6.31. The van der Waals surface area contributed by atoms with Crippen molar-refractivity contribution in [3.63, 3.8) is 0 Å². The number of fused-ring (bicyclic) bond motifs is 2. The van der Waals surface area contributed by atoms with Gasteiger partial charge in [-0.15, -0.1) is 0 Å². The molecule has 1 aromatic carbocycles. The van der Waals surface area contributed by atoms with Crippen molar-refractivity contribution in [1.82, 2.24) is 10.2 Å². The van der Waals surface area contributed by atoms with Crippen molar-refractivity contribution in [2.24, 2.45) is 5.92 Å². The van der Waals surface area contributed by atoms with Gasteiger partial charge in [0, 0.05) is 18.1 Å². The summed E-state index contributed by atoms with van der Waals surface area (Å²) in [5, 5.41) is 4.38. The number of nitrogens with zero attached hydrogens (tertiary/aromatic N) is 1. The van der Waals surface area contributed by atoms with Gasteiger partial charge in [0.2, 0.25) is 0 Å². The second-order valence-corrected chi connectivity index (χ2v) is 8.91. The zero-order valence-electron chi connectivity index (χ0n) is 17.2. The first-order chi connectivity index (χ1) is 14.0. The minimum Gasteiger partial charge on any atom is -0.449 e. The molecule has 154 valence electrons. The van der Waals surface area contributed by atoms with Crippen molar-refractivity contribution in [2.75, 3.05) is 19.7 Å². The van der Waals surface area contributed by atoms with Crippen LogP contribution in [0.5, 0.6) is 0 Å². The number of likely N-dealkylation sites (tertiary alicyclic amines) is 1. The van der Waals surface area contributed by atoms with E-state index in [1.54, 1.807) is 0 Å². The molecule has 4 rings (SSSR count). The Hall–Kier alpha value is -2.20. The number of allylic oxidation sites excluding steroid dienone is 2. The molecule has 0 spiro atoms. The Morgan fingerprint density at radius 1 is 1.24 bits per heavy atom. The predicted molar refractivity (Wildman–Crippen MR) is 118 cm³/mol. The van der Waals surface area contributed by atoms with Crippen molar-refractivity contribution >= 4 is 23.3 Å². The summed E-state index contributed by atoms with van der Waals surface area (Å²) in [6.45, 7) is 6.00. The molecule has 1 aliphatic carbocycles. The molecule has 5 heteroatoms. The predicted octanol–water partition coefficient (Wildman–Crippen LogP) is 5.34. The molecule has 0 radical (unpaired) electrons. The van der Waals surface area contributed by atoms with Crippen LogP contribution in [-0.4, -0.2) is 36.7 Å². The summed E-state index contributed by atoms with van der Waals surface area (Å²) in [6, 6.07) is 6.48. The van der Waals surface area contributed by atoms with Gasteiger partial charge in [0.15, 0.2) is 0 Å². The first kappa shape index (κ1) is 20.1. The highest BCUT2D eigenvalue weighted by molar-refractivity contribution is 6.30. The molecule has 4 nitrogen and oxygen atoms in total. The zero-order valence-corrected chi connectivity index (χ0v) is 18.0. The van der Waals surface area contributed by atoms with E-state index in [2.05, 4.69) is 43.4 Å². The van der Waals surface area contributed by atoms with Crippen LogP contribution < -0.4 is 5.32 Å². The number of piperidine rings is 1. The Labute approximate surface area is 178 Å². The van der Waals surface area contributed by atoms with Crippen LogP contribution in [0.1, 0.15) is 44.2 Å². The maximum absolute atomic E-state index is 12.3.